The lowest BCUT2D eigenvalue weighted by Crippen LogP contribution is -1.84. The second-order valence-corrected chi connectivity index (χ2v) is 4.32. The smallest absolute Gasteiger partial charge is 0.271 e. The Morgan fingerprint density at radius 1 is 1.20 bits per heavy atom. The normalized spacial score (nSPS) is 12.1. The van der Waals surface area contributed by atoms with Crippen molar-refractivity contribution in [2.75, 3.05) is 0 Å². The van der Waals surface area contributed by atoms with Gasteiger partial charge in [-0.25, -0.2) is 0 Å². The number of para-hydroxylation sites is 1. The SMILES string of the molecule is Cn1c(O)c(/C=C\C=C\C=Nc2ccccc2)oc1=S. The summed E-state index contributed by atoms with van der Waals surface area (Å²) in [4.78, 5) is 4.48. The summed E-state index contributed by atoms with van der Waals surface area (Å²) in [6.07, 6.45) is 8.65. The maximum atomic E-state index is 9.67. The summed E-state index contributed by atoms with van der Waals surface area (Å²) in [6.45, 7) is 0. The molecule has 0 aliphatic carbocycles. The van der Waals surface area contributed by atoms with Crippen molar-refractivity contribution >= 4 is 30.2 Å². The highest BCUT2D eigenvalue weighted by atomic mass is 32.1. The van der Waals surface area contributed by atoms with Crippen LogP contribution in [-0.2, 0) is 7.05 Å². The molecule has 0 spiro atoms. The number of nitrogens with zero attached hydrogens (tertiary/aromatic N) is 2. The highest BCUT2D eigenvalue weighted by Crippen LogP contribution is 2.19. The maximum absolute atomic E-state index is 9.67. The Kier molecular flexibility index (Phi) is 4.68. The molecule has 0 amide bonds. The van der Waals surface area contributed by atoms with Gasteiger partial charge in [0.2, 0.25) is 5.88 Å². The molecule has 1 N–H and O–H groups in total. The number of hydrogen-bond acceptors (Lipinski definition) is 4. The van der Waals surface area contributed by atoms with Gasteiger partial charge in [-0.05, 0) is 36.5 Å². The molecular formula is C15H14N2O2S. The van der Waals surface area contributed by atoms with Gasteiger partial charge in [0, 0.05) is 13.3 Å². The Labute approximate surface area is 122 Å². The van der Waals surface area contributed by atoms with Gasteiger partial charge in [0.05, 0.1) is 5.69 Å². The van der Waals surface area contributed by atoms with Crippen molar-refractivity contribution < 1.29 is 9.52 Å². The minimum Gasteiger partial charge on any atom is -0.492 e. The predicted octanol–water partition coefficient (Wildman–Crippen LogP) is 4.03. The third kappa shape index (κ3) is 3.55. The quantitative estimate of drug-likeness (QED) is 0.524. The topological polar surface area (TPSA) is 50.7 Å². The first-order chi connectivity index (χ1) is 9.68. The van der Waals surface area contributed by atoms with E-state index in [1.54, 1.807) is 37.6 Å². The lowest BCUT2D eigenvalue weighted by atomic mass is 10.3. The molecule has 0 fully saturated rings. The molecule has 5 heteroatoms. The van der Waals surface area contributed by atoms with Gasteiger partial charge in [0.25, 0.3) is 4.84 Å². The van der Waals surface area contributed by atoms with Crippen LogP contribution in [0.2, 0.25) is 0 Å². The number of aromatic hydroxyl groups is 1. The minimum absolute atomic E-state index is 0.0117. The molecule has 0 bridgehead atoms. The van der Waals surface area contributed by atoms with Gasteiger partial charge in [0.1, 0.15) is 0 Å². The number of hydrogen-bond donors (Lipinski definition) is 1. The van der Waals surface area contributed by atoms with E-state index >= 15 is 0 Å². The number of aromatic nitrogens is 1. The molecule has 0 radical (unpaired) electrons. The minimum atomic E-state index is 0.0117. The van der Waals surface area contributed by atoms with E-state index < -0.39 is 0 Å². The Morgan fingerprint density at radius 2 is 1.95 bits per heavy atom. The second-order valence-electron chi connectivity index (χ2n) is 3.97. The van der Waals surface area contributed by atoms with Crippen LogP contribution in [0.3, 0.4) is 0 Å². The first-order valence-electron chi connectivity index (χ1n) is 5.99. The molecule has 2 rings (SSSR count). The summed E-state index contributed by atoms with van der Waals surface area (Å²) in [5.41, 5.74) is 0.896. The molecule has 4 nitrogen and oxygen atoms in total. The van der Waals surface area contributed by atoms with Crippen molar-refractivity contribution in [1.29, 1.82) is 0 Å². The fourth-order valence-electron chi connectivity index (χ4n) is 1.47. The van der Waals surface area contributed by atoms with E-state index in [-0.39, 0.29) is 10.7 Å². The molecule has 2 aromatic rings. The van der Waals surface area contributed by atoms with Crippen LogP contribution in [-0.4, -0.2) is 15.9 Å². The summed E-state index contributed by atoms with van der Waals surface area (Å²) in [5, 5.41) is 9.67. The lowest BCUT2D eigenvalue weighted by Gasteiger charge is -1.89. The molecule has 1 heterocycles. The summed E-state index contributed by atoms with van der Waals surface area (Å²) < 4.78 is 6.59. The van der Waals surface area contributed by atoms with Crippen molar-refractivity contribution in [2.24, 2.45) is 12.0 Å². The van der Waals surface area contributed by atoms with Gasteiger partial charge >= 0.3 is 0 Å². The van der Waals surface area contributed by atoms with E-state index in [0.29, 0.717) is 5.76 Å². The van der Waals surface area contributed by atoms with E-state index in [9.17, 15) is 5.11 Å². The predicted molar refractivity (Wildman–Crippen MR) is 82.9 cm³/mol. The van der Waals surface area contributed by atoms with Crippen LogP contribution in [0.15, 0.2) is 58.0 Å². The zero-order chi connectivity index (χ0) is 14.4. The highest BCUT2D eigenvalue weighted by Gasteiger charge is 2.06. The molecule has 0 atom stereocenters. The van der Waals surface area contributed by atoms with E-state index in [1.807, 2.05) is 30.3 Å². The van der Waals surface area contributed by atoms with Gasteiger partial charge in [-0.15, -0.1) is 0 Å². The molecule has 20 heavy (non-hydrogen) atoms. The Bertz CT molecular complexity index is 709. The number of rotatable bonds is 4. The third-order valence-corrected chi connectivity index (χ3v) is 2.90. The van der Waals surface area contributed by atoms with Crippen molar-refractivity contribution in [2.45, 2.75) is 0 Å². The third-order valence-electron chi connectivity index (χ3n) is 2.54. The lowest BCUT2D eigenvalue weighted by molar-refractivity contribution is 0.428. The van der Waals surface area contributed by atoms with Gasteiger partial charge in [-0.3, -0.25) is 9.56 Å². The summed E-state index contributed by atoms with van der Waals surface area (Å²) in [7, 11) is 1.64. The standard InChI is InChI=1S/C15H14N2O2S/c1-17-14(18)13(19-15(17)20)10-6-3-7-11-16-12-8-4-2-5-9-12/h2-11,18H,1H3/b7-3+,10-6-,16-11?. The molecule has 1 aromatic heterocycles. The van der Waals surface area contributed by atoms with Gasteiger partial charge in [0.15, 0.2) is 5.76 Å². The first kappa shape index (κ1) is 14.0. The van der Waals surface area contributed by atoms with E-state index in [2.05, 4.69) is 4.99 Å². The van der Waals surface area contributed by atoms with E-state index in [0.717, 1.165) is 5.69 Å². The van der Waals surface area contributed by atoms with Gasteiger partial charge < -0.3 is 9.52 Å². The van der Waals surface area contributed by atoms with Crippen LogP contribution in [0, 0.1) is 4.84 Å². The maximum Gasteiger partial charge on any atom is 0.271 e. The largest absolute Gasteiger partial charge is 0.492 e. The number of aliphatic imine (C=N–C) groups is 1. The van der Waals surface area contributed by atoms with E-state index in [4.69, 9.17) is 16.6 Å². The fourth-order valence-corrected chi connectivity index (χ4v) is 1.64. The average Bonchev–Trinajstić information content (AvgIpc) is 2.71. The monoisotopic (exact) mass is 286 g/mol. The van der Waals surface area contributed by atoms with Crippen molar-refractivity contribution in [3.63, 3.8) is 0 Å². The molecule has 0 aliphatic rings. The van der Waals surface area contributed by atoms with Crippen molar-refractivity contribution in [3.05, 3.63) is 59.2 Å². The molecule has 0 unspecified atom stereocenters. The summed E-state index contributed by atoms with van der Waals surface area (Å²) in [6, 6.07) is 9.66. The number of benzene rings is 1. The first-order valence-corrected chi connectivity index (χ1v) is 6.40. The molecule has 0 aliphatic heterocycles. The molecule has 1 aromatic carbocycles. The molecule has 102 valence electrons. The van der Waals surface area contributed by atoms with Crippen LogP contribution >= 0.6 is 12.2 Å². The molecule has 0 saturated heterocycles. The van der Waals surface area contributed by atoms with Gasteiger partial charge in [-0.2, -0.15) is 0 Å². The Hall–Kier alpha value is -2.40. The highest BCUT2D eigenvalue weighted by molar-refractivity contribution is 7.71. The summed E-state index contributed by atoms with van der Waals surface area (Å²) >= 11 is 4.90. The molecule has 0 saturated carbocycles. The van der Waals surface area contributed by atoms with Crippen LogP contribution < -0.4 is 0 Å². The van der Waals surface area contributed by atoms with Crippen molar-refractivity contribution in [1.82, 2.24) is 4.57 Å². The van der Waals surface area contributed by atoms with Crippen LogP contribution in [0.4, 0.5) is 5.69 Å². The van der Waals surface area contributed by atoms with Crippen molar-refractivity contribution in [3.8, 4) is 5.88 Å². The number of allylic oxidation sites excluding steroid dienone is 3. The average molecular weight is 286 g/mol. The number of oxazole rings is 1. The van der Waals surface area contributed by atoms with Gasteiger partial charge in [-0.1, -0.05) is 30.4 Å². The molecular weight excluding hydrogens is 272 g/mol. The van der Waals surface area contributed by atoms with Crippen LogP contribution in [0.1, 0.15) is 5.76 Å². The second kappa shape index (κ2) is 6.68. The zero-order valence-corrected chi connectivity index (χ0v) is 11.7. The van der Waals surface area contributed by atoms with Crippen LogP contribution in [0.5, 0.6) is 5.88 Å². The zero-order valence-electron chi connectivity index (χ0n) is 10.9. The Balaban J connectivity index is 1.96. The van der Waals surface area contributed by atoms with E-state index in [1.165, 1.54) is 4.57 Å². The Morgan fingerprint density at radius 3 is 2.60 bits per heavy atom. The fraction of sp³-hybridized carbons (Fsp3) is 0.0667. The van der Waals surface area contributed by atoms with Crippen LogP contribution in [0.25, 0.3) is 6.08 Å². The summed E-state index contributed by atoms with van der Waals surface area (Å²) in [5.74, 6) is 0.347.